The molecule has 2 atom stereocenters. The van der Waals surface area contributed by atoms with E-state index in [0.29, 0.717) is 30.4 Å². The van der Waals surface area contributed by atoms with Crippen molar-refractivity contribution in [2.75, 3.05) is 29.9 Å². The monoisotopic (exact) mass is 475 g/mol. The van der Waals surface area contributed by atoms with Gasteiger partial charge >= 0.3 is 6.18 Å². The largest absolute Gasteiger partial charge is 0.416 e. The van der Waals surface area contributed by atoms with Gasteiger partial charge in [0.2, 0.25) is 5.91 Å². The first-order valence-corrected chi connectivity index (χ1v) is 12.1. The van der Waals surface area contributed by atoms with Crippen molar-refractivity contribution in [1.82, 2.24) is 4.90 Å². The van der Waals surface area contributed by atoms with Gasteiger partial charge in [-0.25, -0.2) is 4.39 Å². The molecule has 0 aromatic heterocycles. The highest BCUT2D eigenvalue weighted by atomic mass is 19.4. The number of piperazine rings is 1. The Morgan fingerprint density at radius 1 is 1.00 bits per heavy atom. The van der Waals surface area contributed by atoms with Crippen LogP contribution < -0.4 is 10.2 Å². The van der Waals surface area contributed by atoms with Gasteiger partial charge in [0.15, 0.2) is 0 Å². The van der Waals surface area contributed by atoms with Gasteiger partial charge < -0.3 is 10.2 Å². The van der Waals surface area contributed by atoms with Gasteiger partial charge in [-0.15, -0.1) is 0 Å². The number of benzene rings is 2. The number of halogens is 4. The van der Waals surface area contributed by atoms with Crippen molar-refractivity contribution >= 4 is 17.3 Å². The number of nitrogens with zero attached hydrogens (tertiary/aromatic N) is 2. The number of rotatable bonds is 3. The molecule has 2 aromatic carbocycles. The van der Waals surface area contributed by atoms with E-state index in [0.717, 1.165) is 31.1 Å². The van der Waals surface area contributed by atoms with Crippen LogP contribution in [0.1, 0.15) is 43.2 Å². The highest BCUT2D eigenvalue weighted by Gasteiger charge is 2.43. The molecule has 2 heterocycles. The quantitative estimate of drug-likeness (QED) is 0.598. The molecule has 0 radical (unpaired) electrons. The Morgan fingerprint density at radius 2 is 1.79 bits per heavy atom. The average molecular weight is 476 g/mol. The van der Waals surface area contributed by atoms with E-state index in [2.05, 4.69) is 15.1 Å². The highest BCUT2D eigenvalue weighted by molar-refractivity contribution is 5.94. The Bertz CT molecular complexity index is 1050. The van der Waals surface area contributed by atoms with E-state index in [1.165, 1.54) is 43.5 Å². The molecule has 1 aliphatic carbocycles. The summed E-state index contributed by atoms with van der Waals surface area (Å²) in [5.41, 5.74) is 0.980. The minimum Gasteiger partial charge on any atom is -0.365 e. The number of carbonyl (C=O) groups excluding carboxylic acids is 1. The first-order valence-electron chi connectivity index (χ1n) is 12.1. The zero-order valence-electron chi connectivity index (χ0n) is 19.0. The van der Waals surface area contributed by atoms with Crippen molar-refractivity contribution in [3.05, 3.63) is 59.4 Å². The first kappa shape index (κ1) is 23.1. The van der Waals surface area contributed by atoms with Crippen LogP contribution in [0.4, 0.5) is 28.9 Å². The molecule has 1 N–H and O–H groups in total. The lowest BCUT2D eigenvalue weighted by atomic mass is 9.82. The van der Waals surface area contributed by atoms with Gasteiger partial charge in [-0.2, -0.15) is 13.2 Å². The molecule has 5 rings (SSSR count). The fourth-order valence-electron chi connectivity index (χ4n) is 5.90. The summed E-state index contributed by atoms with van der Waals surface area (Å²) in [7, 11) is 0. The summed E-state index contributed by atoms with van der Waals surface area (Å²) in [4.78, 5) is 18.0. The molecule has 8 heteroatoms. The van der Waals surface area contributed by atoms with Gasteiger partial charge in [-0.3, -0.25) is 9.69 Å². The maximum Gasteiger partial charge on any atom is 0.416 e. The summed E-state index contributed by atoms with van der Waals surface area (Å²) in [6.45, 7) is 2.20. The molecular formula is C26H29F4N3O. The molecule has 0 spiro atoms. The van der Waals surface area contributed by atoms with Crippen molar-refractivity contribution in [3.8, 4) is 0 Å². The Balaban J connectivity index is 1.45. The third-order valence-corrected chi connectivity index (χ3v) is 7.59. The van der Waals surface area contributed by atoms with Crippen molar-refractivity contribution < 1.29 is 22.4 Å². The van der Waals surface area contributed by atoms with E-state index >= 15 is 0 Å². The van der Waals surface area contributed by atoms with Crippen molar-refractivity contribution in [1.29, 1.82) is 0 Å². The van der Waals surface area contributed by atoms with Gasteiger partial charge in [0.25, 0.3) is 0 Å². The summed E-state index contributed by atoms with van der Waals surface area (Å²) in [5, 5.41) is 2.81. The van der Waals surface area contributed by atoms with Crippen molar-refractivity contribution in [2.45, 2.75) is 56.8 Å². The van der Waals surface area contributed by atoms with Gasteiger partial charge in [0.05, 0.1) is 17.5 Å². The van der Waals surface area contributed by atoms with E-state index in [1.807, 2.05) is 0 Å². The fourth-order valence-corrected chi connectivity index (χ4v) is 5.90. The van der Waals surface area contributed by atoms with Crippen LogP contribution in [0.15, 0.2) is 42.5 Å². The summed E-state index contributed by atoms with van der Waals surface area (Å²) in [6, 6.07) is 9.92. The van der Waals surface area contributed by atoms with Crippen LogP contribution in [0, 0.1) is 11.7 Å². The minimum atomic E-state index is -4.44. The summed E-state index contributed by atoms with van der Waals surface area (Å²) in [6.07, 6.45) is 1.76. The van der Waals surface area contributed by atoms with Crippen molar-refractivity contribution in [2.24, 2.45) is 5.92 Å². The number of amides is 1. The van der Waals surface area contributed by atoms with Gasteiger partial charge in [0.1, 0.15) is 5.82 Å². The van der Waals surface area contributed by atoms with Crippen LogP contribution >= 0.6 is 0 Å². The average Bonchev–Trinajstić information content (AvgIpc) is 2.82. The molecule has 34 heavy (non-hydrogen) atoms. The Hall–Kier alpha value is -2.61. The number of hydrogen-bond acceptors (Lipinski definition) is 3. The second-order valence-electron chi connectivity index (χ2n) is 9.70. The molecule has 0 bridgehead atoms. The third-order valence-electron chi connectivity index (χ3n) is 7.59. The molecule has 2 fully saturated rings. The van der Waals surface area contributed by atoms with Crippen molar-refractivity contribution in [3.63, 3.8) is 0 Å². The maximum atomic E-state index is 13.7. The third kappa shape index (κ3) is 4.65. The number of carbonyl (C=O) groups is 1. The minimum absolute atomic E-state index is 0.145. The van der Waals surface area contributed by atoms with E-state index in [-0.39, 0.29) is 18.4 Å². The normalized spacial score (nSPS) is 23.8. The molecular weight excluding hydrogens is 446 g/mol. The van der Waals surface area contributed by atoms with E-state index in [9.17, 15) is 22.4 Å². The Morgan fingerprint density at radius 3 is 2.53 bits per heavy atom. The molecule has 1 saturated carbocycles. The Labute approximate surface area is 196 Å². The van der Waals surface area contributed by atoms with E-state index in [1.54, 1.807) is 12.1 Å². The number of anilines is 2. The number of alkyl halides is 3. The smallest absolute Gasteiger partial charge is 0.365 e. The van der Waals surface area contributed by atoms with E-state index in [4.69, 9.17) is 0 Å². The standard InChI is InChI=1S/C26H29F4N3O/c27-19-5-4-6-20(15-19)31-25(34)22-14-17-13-18(26(28,29)30)9-10-23(17)33-12-11-32(16-24(22)33)21-7-2-1-3-8-21/h4-6,9-10,13,15,21-22,24H,1-3,7-8,11-12,14,16H2,(H,31,34). The second kappa shape index (κ2) is 9.21. The highest BCUT2D eigenvalue weighted by Crippen LogP contribution is 2.40. The molecule has 1 amide bonds. The first-order chi connectivity index (χ1) is 16.3. The molecule has 3 aliphatic rings. The van der Waals surface area contributed by atoms with E-state index < -0.39 is 23.5 Å². The second-order valence-corrected chi connectivity index (χ2v) is 9.70. The topological polar surface area (TPSA) is 35.6 Å². The van der Waals surface area contributed by atoms with Gasteiger partial charge in [-0.1, -0.05) is 25.3 Å². The predicted octanol–water partition coefficient (Wildman–Crippen LogP) is 5.48. The molecule has 2 unspecified atom stereocenters. The molecule has 2 aromatic rings. The zero-order valence-corrected chi connectivity index (χ0v) is 19.0. The van der Waals surface area contributed by atoms with Crippen LogP contribution in [-0.4, -0.2) is 42.5 Å². The molecule has 4 nitrogen and oxygen atoms in total. The van der Waals surface area contributed by atoms with Crippen LogP contribution in [-0.2, 0) is 17.4 Å². The maximum absolute atomic E-state index is 13.7. The summed E-state index contributed by atoms with van der Waals surface area (Å²) < 4.78 is 53.8. The van der Waals surface area contributed by atoms with Crippen LogP contribution in [0.2, 0.25) is 0 Å². The Kier molecular flexibility index (Phi) is 6.27. The molecule has 182 valence electrons. The predicted molar refractivity (Wildman–Crippen MR) is 123 cm³/mol. The lowest BCUT2D eigenvalue weighted by molar-refractivity contribution is -0.137. The van der Waals surface area contributed by atoms with Crippen LogP contribution in [0.5, 0.6) is 0 Å². The van der Waals surface area contributed by atoms with Crippen LogP contribution in [0.3, 0.4) is 0 Å². The number of fused-ring (bicyclic) bond motifs is 3. The SMILES string of the molecule is O=C(Nc1cccc(F)c1)C1Cc2cc(C(F)(F)F)ccc2N2CCN(C3CCCCC3)CC12. The van der Waals surface area contributed by atoms with Gasteiger partial charge in [-0.05, 0) is 61.2 Å². The number of hydrogen-bond donors (Lipinski definition) is 1. The summed E-state index contributed by atoms with van der Waals surface area (Å²) in [5.74, 6) is -1.27. The number of nitrogens with one attached hydrogen (secondary N) is 1. The fraction of sp³-hybridized carbons (Fsp3) is 0.500. The lowest BCUT2D eigenvalue weighted by Gasteiger charge is -2.51. The lowest BCUT2D eigenvalue weighted by Crippen LogP contribution is -2.62. The summed E-state index contributed by atoms with van der Waals surface area (Å²) >= 11 is 0. The van der Waals surface area contributed by atoms with Gasteiger partial charge in [0, 0.05) is 37.1 Å². The molecule has 2 aliphatic heterocycles. The van der Waals surface area contributed by atoms with Crippen LogP contribution in [0.25, 0.3) is 0 Å². The zero-order chi connectivity index (χ0) is 23.9. The molecule has 1 saturated heterocycles.